The van der Waals surface area contributed by atoms with Gasteiger partial charge in [0.2, 0.25) is 0 Å². The molecule has 1 heterocycles. The highest BCUT2D eigenvalue weighted by atomic mass is 79.9. The summed E-state index contributed by atoms with van der Waals surface area (Å²) in [6.45, 7) is 0. The maximum Gasteiger partial charge on any atom is 0.124 e. The predicted octanol–water partition coefficient (Wildman–Crippen LogP) is 5.66. The van der Waals surface area contributed by atoms with E-state index in [1.165, 1.54) is 0 Å². The molecular formula is C12H9Br2ClOS. The van der Waals surface area contributed by atoms with Crippen LogP contribution >= 0.6 is 54.8 Å². The molecule has 0 aliphatic heterocycles. The second-order valence-corrected chi connectivity index (χ2v) is 6.57. The lowest BCUT2D eigenvalue weighted by Crippen LogP contribution is -1.95. The summed E-state index contributed by atoms with van der Waals surface area (Å²) in [5.41, 5.74) is 1.07. The summed E-state index contributed by atoms with van der Waals surface area (Å²) < 4.78 is 6.38. The summed E-state index contributed by atoms with van der Waals surface area (Å²) >= 11 is 14.9. The number of thiophene rings is 1. The minimum absolute atomic E-state index is 0.0537. The average Bonchev–Trinajstić information content (AvgIpc) is 2.74. The Bertz CT molecular complexity index is 527. The van der Waals surface area contributed by atoms with E-state index in [1.807, 2.05) is 29.6 Å². The summed E-state index contributed by atoms with van der Waals surface area (Å²) in [6, 6.07) is 7.87. The van der Waals surface area contributed by atoms with Crippen molar-refractivity contribution in [1.82, 2.24) is 0 Å². The first-order chi connectivity index (χ1) is 8.13. The molecule has 2 rings (SSSR count). The van der Waals surface area contributed by atoms with Crippen LogP contribution in [0.3, 0.4) is 0 Å². The second-order valence-electron chi connectivity index (χ2n) is 3.38. The summed E-state index contributed by atoms with van der Waals surface area (Å²) in [5, 5.41) is 2.76. The van der Waals surface area contributed by atoms with Gasteiger partial charge >= 0.3 is 0 Å². The van der Waals surface area contributed by atoms with Crippen LogP contribution in [0.15, 0.2) is 34.1 Å². The van der Waals surface area contributed by atoms with Gasteiger partial charge in [0.05, 0.1) is 17.0 Å². The Morgan fingerprint density at radius 3 is 2.71 bits per heavy atom. The number of ether oxygens (including phenoxy) is 1. The van der Waals surface area contributed by atoms with Crippen LogP contribution in [-0.4, -0.2) is 7.11 Å². The number of halogens is 3. The van der Waals surface area contributed by atoms with Crippen molar-refractivity contribution in [1.29, 1.82) is 0 Å². The van der Waals surface area contributed by atoms with E-state index in [2.05, 4.69) is 31.9 Å². The molecule has 0 aliphatic rings. The van der Waals surface area contributed by atoms with Crippen LogP contribution in [0.2, 0.25) is 5.02 Å². The number of rotatable bonds is 3. The molecule has 0 fully saturated rings. The molecule has 17 heavy (non-hydrogen) atoms. The highest BCUT2D eigenvalue weighted by molar-refractivity contribution is 9.10. The van der Waals surface area contributed by atoms with Gasteiger partial charge in [0.25, 0.3) is 0 Å². The van der Waals surface area contributed by atoms with Crippen LogP contribution in [0.5, 0.6) is 5.75 Å². The van der Waals surface area contributed by atoms with E-state index in [1.54, 1.807) is 18.4 Å². The standard InChI is InChI=1S/C12H9Br2ClOS/c1-16-10-6-7(13)2-3-8(10)11(14)12-9(15)4-5-17-12/h2-6,11H,1H3. The molecule has 0 spiro atoms. The zero-order valence-corrected chi connectivity index (χ0v) is 13.7. The Morgan fingerprint density at radius 2 is 2.12 bits per heavy atom. The number of benzene rings is 1. The quantitative estimate of drug-likeness (QED) is 0.609. The van der Waals surface area contributed by atoms with E-state index in [-0.39, 0.29) is 4.83 Å². The molecule has 1 unspecified atom stereocenters. The molecule has 0 aliphatic carbocycles. The van der Waals surface area contributed by atoms with Crippen molar-refractivity contribution in [2.24, 2.45) is 0 Å². The summed E-state index contributed by atoms with van der Waals surface area (Å²) in [4.78, 5) is 1.14. The van der Waals surface area contributed by atoms with Crippen LogP contribution < -0.4 is 4.74 Å². The molecule has 90 valence electrons. The van der Waals surface area contributed by atoms with E-state index in [4.69, 9.17) is 16.3 Å². The highest BCUT2D eigenvalue weighted by Gasteiger charge is 2.19. The second kappa shape index (κ2) is 5.74. The Balaban J connectivity index is 2.44. The van der Waals surface area contributed by atoms with Gasteiger partial charge in [-0.2, -0.15) is 0 Å². The van der Waals surface area contributed by atoms with Gasteiger partial charge in [-0.15, -0.1) is 11.3 Å². The van der Waals surface area contributed by atoms with E-state index in [0.717, 1.165) is 25.7 Å². The Kier molecular flexibility index (Phi) is 4.53. The van der Waals surface area contributed by atoms with Crippen LogP contribution in [0.4, 0.5) is 0 Å². The largest absolute Gasteiger partial charge is 0.496 e. The smallest absolute Gasteiger partial charge is 0.124 e. The maximum atomic E-state index is 6.14. The molecule has 1 aromatic carbocycles. The van der Waals surface area contributed by atoms with Gasteiger partial charge in [-0.05, 0) is 23.6 Å². The maximum absolute atomic E-state index is 6.14. The Labute approximate surface area is 126 Å². The Morgan fingerprint density at radius 1 is 1.35 bits per heavy atom. The highest BCUT2D eigenvalue weighted by Crippen LogP contribution is 2.42. The molecule has 0 radical (unpaired) electrons. The van der Waals surface area contributed by atoms with Crippen LogP contribution in [-0.2, 0) is 0 Å². The third-order valence-electron chi connectivity index (χ3n) is 2.34. The molecule has 2 aromatic rings. The lowest BCUT2D eigenvalue weighted by atomic mass is 10.1. The van der Waals surface area contributed by atoms with Crippen molar-refractivity contribution < 1.29 is 4.74 Å². The SMILES string of the molecule is COc1cc(Br)ccc1C(Br)c1sccc1Cl. The molecular weight excluding hydrogens is 387 g/mol. The molecule has 5 heteroatoms. The number of hydrogen-bond acceptors (Lipinski definition) is 2. The normalized spacial score (nSPS) is 12.5. The topological polar surface area (TPSA) is 9.23 Å². The zero-order valence-electron chi connectivity index (χ0n) is 8.91. The Hall–Kier alpha value is -0.0300. The number of methoxy groups -OCH3 is 1. The molecule has 1 atom stereocenters. The van der Waals surface area contributed by atoms with Crippen molar-refractivity contribution in [3.8, 4) is 5.75 Å². The van der Waals surface area contributed by atoms with Crippen molar-refractivity contribution in [3.63, 3.8) is 0 Å². The summed E-state index contributed by atoms with van der Waals surface area (Å²) in [7, 11) is 1.67. The van der Waals surface area contributed by atoms with Crippen molar-refractivity contribution in [2.45, 2.75) is 4.83 Å². The van der Waals surface area contributed by atoms with Gasteiger partial charge in [-0.25, -0.2) is 0 Å². The lowest BCUT2D eigenvalue weighted by molar-refractivity contribution is 0.410. The number of alkyl halides is 1. The summed E-state index contributed by atoms with van der Waals surface area (Å²) in [5.74, 6) is 0.839. The van der Waals surface area contributed by atoms with Gasteiger partial charge in [-0.1, -0.05) is 49.5 Å². The van der Waals surface area contributed by atoms with Crippen LogP contribution in [0, 0.1) is 0 Å². The van der Waals surface area contributed by atoms with Gasteiger partial charge < -0.3 is 4.74 Å². The molecule has 0 bridgehead atoms. The van der Waals surface area contributed by atoms with E-state index in [9.17, 15) is 0 Å². The monoisotopic (exact) mass is 394 g/mol. The molecule has 0 amide bonds. The number of hydrogen-bond donors (Lipinski definition) is 0. The van der Waals surface area contributed by atoms with Gasteiger partial charge in [0, 0.05) is 14.9 Å². The van der Waals surface area contributed by atoms with Crippen molar-refractivity contribution >= 4 is 54.8 Å². The van der Waals surface area contributed by atoms with Crippen LogP contribution in [0.25, 0.3) is 0 Å². The molecule has 1 aromatic heterocycles. The lowest BCUT2D eigenvalue weighted by Gasteiger charge is -2.14. The van der Waals surface area contributed by atoms with E-state index in [0.29, 0.717) is 0 Å². The van der Waals surface area contributed by atoms with E-state index >= 15 is 0 Å². The fraction of sp³-hybridized carbons (Fsp3) is 0.167. The van der Waals surface area contributed by atoms with Crippen molar-refractivity contribution in [2.75, 3.05) is 7.11 Å². The van der Waals surface area contributed by atoms with Gasteiger partial charge in [0.15, 0.2) is 0 Å². The summed E-state index contributed by atoms with van der Waals surface area (Å²) in [6.07, 6.45) is 0. The molecule has 0 saturated heterocycles. The van der Waals surface area contributed by atoms with Crippen LogP contribution in [0.1, 0.15) is 15.3 Å². The minimum atomic E-state index is 0.0537. The third-order valence-corrected chi connectivity index (χ3v) is 5.51. The first-order valence-corrected chi connectivity index (χ1v) is 7.80. The molecule has 1 nitrogen and oxygen atoms in total. The fourth-order valence-electron chi connectivity index (χ4n) is 1.52. The zero-order chi connectivity index (χ0) is 12.4. The third kappa shape index (κ3) is 2.87. The van der Waals surface area contributed by atoms with Gasteiger partial charge in [0.1, 0.15) is 5.75 Å². The average molecular weight is 397 g/mol. The van der Waals surface area contributed by atoms with E-state index < -0.39 is 0 Å². The fourth-order valence-corrected chi connectivity index (χ4v) is 4.10. The minimum Gasteiger partial charge on any atom is -0.496 e. The first kappa shape index (κ1) is 13.4. The molecule has 0 saturated carbocycles. The first-order valence-electron chi connectivity index (χ1n) is 4.84. The van der Waals surface area contributed by atoms with Gasteiger partial charge in [-0.3, -0.25) is 0 Å². The molecule has 0 N–H and O–H groups in total. The van der Waals surface area contributed by atoms with Crippen molar-refractivity contribution in [3.05, 3.63) is 49.6 Å². The predicted molar refractivity (Wildman–Crippen MR) is 80.8 cm³/mol.